The summed E-state index contributed by atoms with van der Waals surface area (Å²) in [5, 5.41) is 0. The minimum absolute atomic E-state index is 0.584. The average Bonchev–Trinajstić information content (AvgIpc) is 2.16. The Labute approximate surface area is 94.1 Å². The first-order chi connectivity index (χ1) is 6.95. The van der Waals surface area contributed by atoms with Crippen molar-refractivity contribution in [2.75, 3.05) is 19.0 Å². The first kappa shape index (κ1) is 12.1. The molecule has 1 rings (SSSR count). The van der Waals surface area contributed by atoms with E-state index in [0.29, 0.717) is 11.8 Å². The smallest absolute Gasteiger partial charge is 0.0399 e. The van der Waals surface area contributed by atoms with Crippen molar-refractivity contribution in [1.29, 1.82) is 0 Å². The molecule has 0 spiro atoms. The maximum absolute atomic E-state index is 2.27. The van der Waals surface area contributed by atoms with Gasteiger partial charge in [0.1, 0.15) is 0 Å². The molecule has 1 aromatic rings. The van der Waals surface area contributed by atoms with Gasteiger partial charge in [0, 0.05) is 19.8 Å². The predicted molar refractivity (Wildman–Crippen MR) is 68.9 cm³/mol. The van der Waals surface area contributed by atoms with Gasteiger partial charge in [0.25, 0.3) is 0 Å². The Morgan fingerprint density at radius 1 is 0.933 bits per heavy atom. The molecule has 0 fully saturated rings. The third-order valence-corrected chi connectivity index (χ3v) is 2.80. The molecular weight excluding hydrogens is 182 g/mol. The van der Waals surface area contributed by atoms with Crippen molar-refractivity contribution in [3.05, 3.63) is 29.3 Å². The van der Waals surface area contributed by atoms with Crippen LogP contribution in [0, 0.1) is 0 Å². The fourth-order valence-corrected chi connectivity index (χ4v) is 2.09. The van der Waals surface area contributed by atoms with Gasteiger partial charge in [-0.2, -0.15) is 0 Å². The van der Waals surface area contributed by atoms with Crippen LogP contribution in [0.25, 0.3) is 0 Å². The summed E-state index contributed by atoms with van der Waals surface area (Å²) in [6.07, 6.45) is 0. The van der Waals surface area contributed by atoms with E-state index in [4.69, 9.17) is 0 Å². The van der Waals surface area contributed by atoms with Crippen LogP contribution >= 0.6 is 0 Å². The van der Waals surface area contributed by atoms with Crippen molar-refractivity contribution in [1.82, 2.24) is 0 Å². The van der Waals surface area contributed by atoms with Gasteiger partial charge >= 0.3 is 0 Å². The van der Waals surface area contributed by atoms with Gasteiger partial charge in [-0.3, -0.25) is 0 Å². The third kappa shape index (κ3) is 2.53. The van der Waals surface area contributed by atoms with Crippen LogP contribution in [0.2, 0.25) is 0 Å². The largest absolute Gasteiger partial charge is 0.377 e. The van der Waals surface area contributed by atoms with Crippen LogP contribution in [-0.2, 0) is 0 Å². The van der Waals surface area contributed by atoms with Gasteiger partial charge in [-0.15, -0.1) is 0 Å². The highest BCUT2D eigenvalue weighted by Crippen LogP contribution is 2.33. The van der Waals surface area contributed by atoms with E-state index in [9.17, 15) is 0 Å². The van der Waals surface area contributed by atoms with E-state index >= 15 is 0 Å². The Morgan fingerprint density at radius 2 is 1.53 bits per heavy atom. The van der Waals surface area contributed by atoms with Gasteiger partial charge in [-0.05, 0) is 29.0 Å². The van der Waals surface area contributed by atoms with Crippen LogP contribution in [0.3, 0.4) is 0 Å². The minimum Gasteiger partial charge on any atom is -0.377 e. The lowest BCUT2D eigenvalue weighted by Gasteiger charge is -2.24. The highest BCUT2D eigenvalue weighted by molar-refractivity contribution is 5.58. The van der Waals surface area contributed by atoms with E-state index in [1.807, 2.05) is 0 Å². The van der Waals surface area contributed by atoms with Crippen LogP contribution in [0.5, 0.6) is 0 Å². The highest BCUT2D eigenvalue weighted by atomic mass is 15.1. The molecule has 0 amide bonds. The highest BCUT2D eigenvalue weighted by Gasteiger charge is 2.14. The van der Waals surface area contributed by atoms with E-state index < -0.39 is 0 Å². The summed E-state index contributed by atoms with van der Waals surface area (Å²) in [6, 6.07) is 6.63. The molecule has 0 bridgehead atoms. The summed E-state index contributed by atoms with van der Waals surface area (Å²) < 4.78 is 0. The summed E-state index contributed by atoms with van der Waals surface area (Å²) in [7, 11) is 4.23. The Balaban J connectivity index is 3.35. The SMILES string of the molecule is CC(C)c1cccc(N(C)C)c1C(C)C. The molecule has 0 saturated carbocycles. The second kappa shape index (κ2) is 4.69. The molecule has 0 aliphatic carbocycles. The monoisotopic (exact) mass is 205 g/mol. The molecule has 0 radical (unpaired) electrons. The zero-order valence-electron chi connectivity index (χ0n) is 10.8. The molecule has 1 aromatic carbocycles. The van der Waals surface area contributed by atoms with Crippen molar-refractivity contribution in [3.8, 4) is 0 Å². The van der Waals surface area contributed by atoms with Gasteiger partial charge in [0.2, 0.25) is 0 Å². The Morgan fingerprint density at radius 3 is 1.93 bits per heavy atom. The zero-order chi connectivity index (χ0) is 11.6. The molecule has 0 aliphatic rings. The van der Waals surface area contributed by atoms with Crippen molar-refractivity contribution in [2.45, 2.75) is 39.5 Å². The zero-order valence-corrected chi connectivity index (χ0v) is 10.8. The fraction of sp³-hybridized carbons (Fsp3) is 0.571. The summed E-state index contributed by atoms with van der Waals surface area (Å²) in [6.45, 7) is 9.07. The van der Waals surface area contributed by atoms with Crippen molar-refractivity contribution in [3.63, 3.8) is 0 Å². The maximum Gasteiger partial charge on any atom is 0.0399 e. The maximum atomic E-state index is 2.27. The summed E-state index contributed by atoms with van der Waals surface area (Å²) >= 11 is 0. The molecular formula is C14H23N. The van der Waals surface area contributed by atoms with E-state index in [1.165, 1.54) is 16.8 Å². The number of anilines is 1. The van der Waals surface area contributed by atoms with Gasteiger partial charge in [-0.1, -0.05) is 39.8 Å². The molecule has 1 heteroatoms. The lowest BCUT2D eigenvalue weighted by Crippen LogP contribution is -2.13. The molecule has 0 saturated heterocycles. The summed E-state index contributed by atoms with van der Waals surface area (Å²) in [4.78, 5) is 2.21. The molecule has 0 N–H and O–H groups in total. The van der Waals surface area contributed by atoms with E-state index in [2.05, 4.69) is 64.9 Å². The van der Waals surface area contributed by atoms with Crippen LogP contribution in [-0.4, -0.2) is 14.1 Å². The Kier molecular flexibility index (Phi) is 3.78. The summed E-state index contributed by atoms with van der Waals surface area (Å²) in [5.74, 6) is 1.18. The Bertz CT molecular complexity index is 298. The standard InChI is InChI=1S/C14H23N/c1-10(2)12-8-7-9-13(15(5)6)14(12)11(3)4/h7-11H,1-6H3. The van der Waals surface area contributed by atoms with Crippen molar-refractivity contribution in [2.24, 2.45) is 0 Å². The lowest BCUT2D eigenvalue weighted by atomic mass is 9.89. The quantitative estimate of drug-likeness (QED) is 0.721. The molecule has 0 heterocycles. The predicted octanol–water partition coefficient (Wildman–Crippen LogP) is 4.00. The lowest BCUT2D eigenvalue weighted by molar-refractivity contribution is 0.786. The van der Waals surface area contributed by atoms with Gasteiger partial charge in [-0.25, -0.2) is 0 Å². The van der Waals surface area contributed by atoms with Crippen molar-refractivity contribution < 1.29 is 0 Å². The topological polar surface area (TPSA) is 3.24 Å². The number of benzene rings is 1. The van der Waals surface area contributed by atoms with Crippen molar-refractivity contribution >= 4 is 5.69 Å². The second-order valence-corrected chi connectivity index (χ2v) is 4.98. The number of hydrogen-bond donors (Lipinski definition) is 0. The van der Waals surface area contributed by atoms with E-state index in [1.54, 1.807) is 0 Å². The van der Waals surface area contributed by atoms with Gasteiger partial charge in [0.05, 0.1) is 0 Å². The summed E-state index contributed by atoms with van der Waals surface area (Å²) in [5.41, 5.74) is 4.34. The molecule has 84 valence electrons. The van der Waals surface area contributed by atoms with Crippen LogP contribution < -0.4 is 4.90 Å². The van der Waals surface area contributed by atoms with Gasteiger partial charge < -0.3 is 4.90 Å². The molecule has 0 unspecified atom stereocenters. The molecule has 1 nitrogen and oxygen atoms in total. The average molecular weight is 205 g/mol. The van der Waals surface area contributed by atoms with E-state index in [-0.39, 0.29) is 0 Å². The molecule has 0 aliphatic heterocycles. The van der Waals surface area contributed by atoms with Gasteiger partial charge in [0.15, 0.2) is 0 Å². The number of nitrogens with zero attached hydrogens (tertiary/aromatic N) is 1. The van der Waals surface area contributed by atoms with Crippen LogP contribution in [0.15, 0.2) is 18.2 Å². The Hall–Kier alpha value is -0.980. The fourth-order valence-electron chi connectivity index (χ4n) is 2.09. The van der Waals surface area contributed by atoms with E-state index in [0.717, 1.165) is 0 Å². The molecule has 0 atom stereocenters. The molecule has 15 heavy (non-hydrogen) atoms. The number of rotatable bonds is 3. The third-order valence-electron chi connectivity index (χ3n) is 2.80. The minimum atomic E-state index is 0.584. The first-order valence-corrected chi connectivity index (χ1v) is 5.75. The second-order valence-electron chi connectivity index (χ2n) is 4.98. The molecule has 0 aromatic heterocycles. The van der Waals surface area contributed by atoms with Crippen LogP contribution in [0.1, 0.15) is 50.7 Å². The normalized spacial score (nSPS) is 11.2. The van der Waals surface area contributed by atoms with Crippen LogP contribution in [0.4, 0.5) is 5.69 Å². The first-order valence-electron chi connectivity index (χ1n) is 5.75. The number of hydrogen-bond acceptors (Lipinski definition) is 1.